The molecule has 0 fully saturated rings. The number of phenolic OH excluding ortho intramolecular Hbond substituents is 1. The van der Waals surface area contributed by atoms with Gasteiger partial charge in [-0.05, 0) is 12.1 Å². The Bertz CT molecular complexity index is 335. The maximum absolute atomic E-state index is 11.0. The molecule has 0 aliphatic carbocycles. The Labute approximate surface area is 99.2 Å². The summed E-state index contributed by atoms with van der Waals surface area (Å²) in [6.45, 7) is 0. The molecule has 5 nitrogen and oxygen atoms in total. The largest absolute Gasteiger partial charge is 0.504 e. The second kappa shape index (κ2) is 6.21. The fourth-order valence-electron chi connectivity index (χ4n) is 0.916. The summed E-state index contributed by atoms with van der Waals surface area (Å²) in [6.07, 6.45) is 0. The molecule has 0 radical (unpaired) electrons. The van der Waals surface area contributed by atoms with E-state index >= 15 is 0 Å². The van der Waals surface area contributed by atoms with Gasteiger partial charge in [0.15, 0.2) is 5.75 Å². The van der Waals surface area contributed by atoms with Crippen molar-refractivity contribution in [2.75, 3.05) is 18.6 Å². The predicted molar refractivity (Wildman–Crippen MR) is 62.8 cm³/mol. The van der Waals surface area contributed by atoms with Gasteiger partial charge in [-0.2, -0.15) is 0 Å². The second-order valence-corrected chi connectivity index (χ2v) is 2.49. The number of hydrogen-bond donors (Lipinski definition) is 3. The number of aromatic hydroxyl groups is 1. The standard InChI is InChI=1S/C8H10N2O3.2ClH/c1-13-8(12)4-2-5(9)7(11)6(10)3-4;;/h2-3,11H,9-10H2,1H3;2*1H. The number of halogens is 2. The Kier molecular flexibility index (Phi) is 6.67. The number of carbonyl (C=O) groups excluding carboxylic acids is 1. The van der Waals surface area contributed by atoms with Crippen LogP contribution in [-0.4, -0.2) is 18.2 Å². The van der Waals surface area contributed by atoms with E-state index in [1.165, 1.54) is 19.2 Å². The number of nitrogen functional groups attached to an aromatic ring is 2. The van der Waals surface area contributed by atoms with E-state index in [2.05, 4.69) is 4.74 Å². The van der Waals surface area contributed by atoms with Crippen molar-refractivity contribution in [3.8, 4) is 5.75 Å². The zero-order valence-electron chi connectivity index (χ0n) is 7.89. The van der Waals surface area contributed by atoms with Crippen LogP contribution in [0, 0.1) is 0 Å². The minimum Gasteiger partial charge on any atom is -0.504 e. The lowest BCUT2D eigenvalue weighted by Gasteiger charge is -2.05. The van der Waals surface area contributed by atoms with Gasteiger partial charge in [0.05, 0.1) is 24.0 Å². The highest BCUT2D eigenvalue weighted by molar-refractivity contribution is 5.93. The summed E-state index contributed by atoms with van der Waals surface area (Å²) in [4.78, 5) is 11.0. The number of methoxy groups -OCH3 is 1. The summed E-state index contributed by atoms with van der Waals surface area (Å²) in [5.74, 6) is -0.758. The molecule has 0 aromatic heterocycles. The Morgan fingerprint density at radius 2 is 1.67 bits per heavy atom. The van der Waals surface area contributed by atoms with Crippen LogP contribution in [0.15, 0.2) is 12.1 Å². The van der Waals surface area contributed by atoms with Gasteiger partial charge in [0.2, 0.25) is 0 Å². The molecule has 1 aromatic rings. The number of ether oxygens (including phenoxy) is 1. The molecule has 0 bridgehead atoms. The molecule has 0 heterocycles. The van der Waals surface area contributed by atoms with E-state index in [0.717, 1.165) is 0 Å². The smallest absolute Gasteiger partial charge is 0.338 e. The summed E-state index contributed by atoms with van der Waals surface area (Å²) in [5.41, 5.74) is 11.1. The first-order chi connectivity index (χ1) is 6.06. The van der Waals surface area contributed by atoms with Crippen LogP contribution in [-0.2, 0) is 4.74 Å². The van der Waals surface area contributed by atoms with Gasteiger partial charge in [0, 0.05) is 0 Å². The van der Waals surface area contributed by atoms with Crippen LogP contribution < -0.4 is 11.5 Å². The molecule has 0 aliphatic heterocycles. The van der Waals surface area contributed by atoms with Crippen LogP contribution in [0.4, 0.5) is 11.4 Å². The van der Waals surface area contributed by atoms with Gasteiger partial charge in [0.1, 0.15) is 0 Å². The average molecular weight is 255 g/mol. The van der Waals surface area contributed by atoms with Gasteiger partial charge in [-0.1, -0.05) is 0 Å². The number of hydrogen-bond acceptors (Lipinski definition) is 5. The lowest BCUT2D eigenvalue weighted by molar-refractivity contribution is 0.0601. The third-order valence-corrected chi connectivity index (χ3v) is 1.59. The molecule has 15 heavy (non-hydrogen) atoms. The topological polar surface area (TPSA) is 98.6 Å². The first kappa shape index (κ1) is 16.1. The van der Waals surface area contributed by atoms with E-state index in [9.17, 15) is 9.90 Å². The number of esters is 1. The molecule has 0 atom stereocenters. The van der Waals surface area contributed by atoms with Gasteiger partial charge in [0.25, 0.3) is 0 Å². The van der Waals surface area contributed by atoms with Crippen LogP contribution in [0.3, 0.4) is 0 Å². The van der Waals surface area contributed by atoms with Crippen molar-refractivity contribution in [2.45, 2.75) is 0 Å². The van der Waals surface area contributed by atoms with Gasteiger partial charge in [-0.15, -0.1) is 24.8 Å². The molecule has 0 aliphatic rings. The molecule has 0 unspecified atom stereocenters. The van der Waals surface area contributed by atoms with E-state index in [1.54, 1.807) is 0 Å². The first-order valence-electron chi connectivity index (χ1n) is 3.52. The fourth-order valence-corrected chi connectivity index (χ4v) is 0.916. The molecular weight excluding hydrogens is 243 g/mol. The van der Waals surface area contributed by atoms with Gasteiger partial charge >= 0.3 is 5.97 Å². The second-order valence-electron chi connectivity index (χ2n) is 2.49. The fraction of sp³-hybridized carbons (Fsp3) is 0.125. The van der Waals surface area contributed by atoms with Crippen molar-refractivity contribution in [3.63, 3.8) is 0 Å². The Morgan fingerprint density at radius 1 is 1.27 bits per heavy atom. The van der Waals surface area contributed by atoms with Gasteiger partial charge < -0.3 is 21.3 Å². The summed E-state index contributed by atoms with van der Waals surface area (Å²) in [7, 11) is 1.25. The number of phenols is 1. The normalized spacial score (nSPS) is 8.33. The molecule has 86 valence electrons. The van der Waals surface area contributed by atoms with E-state index in [1.807, 2.05) is 0 Å². The van der Waals surface area contributed by atoms with Gasteiger partial charge in [-0.25, -0.2) is 4.79 Å². The minimum absolute atomic E-state index is 0. The summed E-state index contributed by atoms with van der Waals surface area (Å²) in [5, 5.41) is 9.18. The molecule has 1 rings (SSSR count). The van der Waals surface area contributed by atoms with E-state index in [0.29, 0.717) is 0 Å². The third kappa shape index (κ3) is 3.38. The third-order valence-electron chi connectivity index (χ3n) is 1.59. The minimum atomic E-state index is -0.543. The Balaban J connectivity index is 0. The molecule has 0 saturated heterocycles. The van der Waals surface area contributed by atoms with Crippen LogP contribution in [0.5, 0.6) is 5.75 Å². The summed E-state index contributed by atoms with van der Waals surface area (Å²) < 4.78 is 4.45. The molecule has 0 saturated carbocycles. The first-order valence-corrected chi connectivity index (χ1v) is 3.52. The number of rotatable bonds is 1. The number of anilines is 2. The zero-order valence-corrected chi connectivity index (χ0v) is 9.52. The SMILES string of the molecule is COC(=O)c1cc(N)c(O)c(N)c1.Cl.Cl. The lowest BCUT2D eigenvalue weighted by Crippen LogP contribution is -2.03. The van der Waals surface area contributed by atoms with Crippen LogP contribution >= 0.6 is 24.8 Å². The predicted octanol–water partition coefficient (Wildman–Crippen LogP) is 1.19. The molecule has 0 spiro atoms. The van der Waals surface area contributed by atoms with E-state index < -0.39 is 5.97 Å². The molecule has 0 amide bonds. The average Bonchev–Trinajstić information content (AvgIpc) is 2.12. The Hall–Kier alpha value is -1.33. The highest BCUT2D eigenvalue weighted by atomic mass is 35.5. The summed E-state index contributed by atoms with van der Waals surface area (Å²) in [6, 6.07) is 2.61. The molecule has 1 aromatic carbocycles. The maximum Gasteiger partial charge on any atom is 0.338 e. The van der Waals surface area contributed by atoms with E-state index in [-0.39, 0.29) is 47.5 Å². The maximum atomic E-state index is 11.0. The highest BCUT2D eigenvalue weighted by Gasteiger charge is 2.10. The van der Waals surface area contributed by atoms with Crippen LogP contribution in [0.1, 0.15) is 10.4 Å². The number of carbonyl (C=O) groups is 1. The number of benzene rings is 1. The van der Waals surface area contributed by atoms with Crippen molar-refractivity contribution in [1.82, 2.24) is 0 Å². The van der Waals surface area contributed by atoms with Crippen molar-refractivity contribution in [2.24, 2.45) is 0 Å². The molecule has 7 heteroatoms. The van der Waals surface area contributed by atoms with Gasteiger partial charge in [-0.3, -0.25) is 0 Å². The van der Waals surface area contributed by atoms with Crippen molar-refractivity contribution in [3.05, 3.63) is 17.7 Å². The monoisotopic (exact) mass is 254 g/mol. The van der Waals surface area contributed by atoms with Crippen LogP contribution in [0.25, 0.3) is 0 Å². The van der Waals surface area contributed by atoms with E-state index in [4.69, 9.17) is 11.5 Å². The van der Waals surface area contributed by atoms with Crippen molar-refractivity contribution in [1.29, 1.82) is 0 Å². The number of nitrogens with two attached hydrogens (primary N) is 2. The Morgan fingerprint density at radius 3 is 2.00 bits per heavy atom. The molecule has 5 N–H and O–H groups in total. The highest BCUT2D eigenvalue weighted by Crippen LogP contribution is 2.28. The van der Waals surface area contributed by atoms with Crippen molar-refractivity contribution < 1.29 is 14.6 Å². The summed E-state index contributed by atoms with van der Waals surface area (Å²) >= 11 is 0. The lowest BCUT2D eigenvalue weighted by atomic mass is 10.1. The van der Waals surface area contributed by atoms with Crippen LogP contribution in [0.2, 0.25) is 0 Å². The quantitative estimate of drug-likeness (QED) is 0.397. The van der Waals surface area contributed by atoms with Crippen molar-refractivity contribution >= 4 is 42.2 Å². The zero-order chi connectivity index (χ0) is 10.0. The molecular formula is C8H12Cl2N2O3.